The summed E-state index contributed by atoms with van der Waals surface area (Å²) >= 11 is 0. The Bertz CT molecular complexity index is 268. The molecule has 0 heterocycles. The second-order valence-electron chi connectivity index (χ2n) is 3.14. The highest BCUT2D eigenvalue weighted by Crippen LogP contribution is 1.83. The summed E-state index contributed by atoms with van der Waals surface area (Å²) in [6, 6.07) is -0.523. The van der Waals surface area contributed by atoms with Gasteiger partial charge in [-0.15, -0.1) is 0 Å². The number of nitrogens with one attached hydrogen (secondary N) is 3. The average Bonchev–Trinajstić information content (AvgIpc) is 2.25. The van der Waals surface area contributed by atoms with Crippen molar-refractivity contribution in [1.29, 1.82) is 0 Å². The van der Waals surface area contributed by atoms with Gasteiger partial charge in [-0.05, 0) is 13.8 Å². The molecule has 0 aromatic carbocycles. The molecule has 3 N–H and O–H groups in total. The van der Waals surface area contributed by atoms with Crippen LogP contribution in [0.25, 0.3) is 0 Å². The predicted octanol–water partition coefficient (Wildman–Crippen LogP) is -0.625. The van der Waals surface area contributed by atoms with Crippen LogP contribution in [0.15, 0.2) is 0 Å². The van der Waals surface area contributed by atoms with Gasteiger partial charge in [0, 0.05) is 13.1 Å². The Hall–Kier alpha value is -1.63. The molecule has 0 aliphatic carbocycles. The van der Waals surface area contributed by atoms with Gasteiger partial charge >= 0.3 is 12.0 Å². The average molecular weight is 245 g/mol. The molecular weight excluding hydrogens is 226 g/mol. The monoisotopic (exact) mass is 245 g/mol. The number of carbonyl (C=O) groups is 3. The number of imide groups is 1. The van der Waals surface area contributed by atoms with Crippen molar-refractivity contribution in [2.45, 2.75) is 20.3 Å². The SMILES string of the molecule is CCNC(=O)NC(=O)CNCCC(=O)OCC. The molecule has 0 aromatic rings. The van der Waals surface area contributed by atoms with Crippen molar-refractivity contribution in [2.24, 2.45) is 0 Å². The van der Waals surface area contributed by atoms with Crippen LogP contribution in [0.2, 0.25) is 0 Å². The number of amides is 3. The fourth-order valence-corrected chi connectivity index (χ4v) is 1.00. The molecular formula is C10H19N3O4. The van der Waals surface area contributed by atoms with Gasteiger partial charge in [-0.1, -0.05) is 0 Å². The van der Waals surface area contributed by atoms with Crippen LogP contribution in [0.3, 0.4) is 0 Å². The smallest absolute Gasteiger partial charge is 0.321 e. The third kappa shape index (κ3) is 9.31. The Morgan fingerprint density at radius 3 is 2.47 bits per heavy atom. The Balaban J connectivity index is 3.51. The van der Waals surface area contributed by atoms with Crippen molar-refractivity contribution >= 4 is 17.9 Å². The number of esters is 1. The molecule has 0 saturated heterocycles. The van der Waals surface area contributed by atoms with Crippen molar-refractivity contribution in [1.82, 2.24) is 16.0 Å². The molecule has 98 valence electrons. The summed E-state index contributed by atoms with van der Waals surface area (Å²) in [6.45, 7) is 4.59. The van der Waals surface area contributed by atoms with Crippen LogP contribution >= 0.6 is 0 Å². The second-order valence-corrected chi connectivity index (χ2v) is 3.14. The van der Waals surface area contributed by atoms with Gasteiger partial charge in [0.2, 0.25) is 5.91 Å². The molecule has 0 fully saturated rings. The maximum atomic E-state index is 11.1. The van der Waals surface area contributed by atoms with E-state index in [-0.39, 0.29) is 18.9 Å². The lowest BCUT2D eigenvalue weighted by Crippen LogP contribution is -2.43. The van der Waals surface area contributed by atoms with Crippen LogP contribution in [0.1, 0.15) is 20.3 Å². The summed E-state index contributed by atoms with van der Waals surface area (Å²) in [5, 5.41) is 7.28. The molecule has 7 heteroatoms. The quantitative estimate of drug-likeness (QED) is 0.410. The van der Waals surface area contributed by atoms with E-state index < -0.39 is 11.9 Å². The lowest BCUT2D eigenvalue weighted by atomic mass is 10.4. The molecule has 0 saturated carbocycles. The minimum absolute atomic E-state index is 0.0173. The molecule has 3 amide bonds. The molecule has 0 spiro atoms. The van der Waals surface area contributed by atoms with Gasteiger partial charge < -0.3 is 15.4 Å². The third-order valence-electron chi connectivity index (χ3n) is 1.69. The van der Waals surface area contributed by atoms with Gasteiger partial charge in [0.05, 0.1) is 19.6 Å². The van der Waals surface area contributed by atoms with E-state index in [4.69, 9.17) is 4.74 Å². The summed E-state index contributed by atoms with van der Waals surface area (Å²) < 4.78 is 4.70. The van der Waals surface area contributed by atoms with Gasteiger partial charge in [-0.3, -0.25) is 14.9 Å². The molecule has 0 atom stereocenters. The lowest BCUT2D eigenvalue weighted by molar-refractivity contribution is -0.143. The highest BCUT2D eigenvalue weighted by atomic mass is 16.5. The number of rotatable bonds is 7. The van der Waals surface area contributed by atoms with E-state index in [1.54, 1.807) is 13.8 Å². The van der Waals surface area contributed by atoms with E-state index in [0.717, 1.165) is 0 Å². The van der Waals surface area contributed by atoms with E-state index in [2.05, 4.69) is 16.0 Å². The van der Waals surface area contributed by atoms with Crippen molar-refractivity contribution in [3.63, 3.8) is 0 Å². The second kappa shape index (κ2) is 9.59. The van der Waals surface area contributed by atoms with Crippen molar-refractivity contribution in [2.75, 3.05) is 26.2 Å². The fraction of sp³-hybridized carbons (Fsp3) is 0.700. The first-order chi connectivity index (χ1) is 8.10. The van der Waals surface area contributed by atoms with Gasteiger partial charge in [-0.2, -0.15) is 0 Å². The minimum Gasteiger partial charge on any atom is -0.466 e. The molecule has 0 unspecified atom stereocenters. The first-order valence-corrected chi connectivity index (χ1v) is 5.54. The first-order valence-electron chi connectivity index (χ1n) is 5.54. The number of hydrogen-bond acceptors (Lipinski definition) is 5. The zero-order chi connectivity index (χ0) is 13.1. The highest BCUT2D eigenvalue weighted by Gasteiger charge is 2.06. The molecule has 0 radical (unpaired) electrons. The molecule has 0 aromatic heterocycles. The van der Waals surface area contributed by atoms with E-state index in [1.165, 1.54) is 0 Å². The highest BCUT2D eigenvalue weighted by molar-refractivity contribution is 5.95. The van der Waals surface area contributed by atoms with Crippen LogP contribution in [0.4, 0.5) is 4.79 Å². The summed E-state index contributed by atoms with van der Waals surface area (Å²) in [5.41, 5.74) is 0. The molecule has 0 rings (SSSR count). The number of hydrogen-bond donors (Lipinski definition) is 3. The number of ether oxygens (including phenoxy) is 1. The molecule has 0 aliphatic rings. The maximum Gasteiger partial charge on any atom is 0.321 e. The first kappa shape index (κ1) is 15.4. The maximum absolute atomic E-state index is 11.1. The van der Waals surface area contributed by atoms with Crippen molar-refractivity contribution < 1.29 is 19.1 Å². The third-order valence-corrected chi connectivity index (χ3v) is 1.69. The van der Waals surface area contributed by atoms with Crippen LogP contribution in [-0.4, -0.2) is 44.1 Å². The van der Waals surface area contributed by atoms with Crippen molar-refractivity contribution in [3.05, 3.63) is 0 Å². The van der Waals surface area contributed by atoms with E-state index in [9.17, 15) is 14.4 Å². The summed E-state index contributed by atoms with van der Waals surface area (Å²) in [6.07, 6.45) is 0.197. The van der Waals surface area contributed by atoms with E-state index >= 15 is 0 Å². The molecule has 0 aliphatic heterocycles. The molecule has 17 heavy (non-hydrogen) atoms. The van der Waals surface area contributed by atoms with Gasteiger partial charge in [-0.25, -0.2) is 4.79 Å². The Morgan fingerprint density at radius 1 is 1.18 bits per heavy atom. The van der Waals surface area contributed by atoms with Crippen molar-refractivity contribution in [3.8, 4) is 0 Å². The van der Waals surface area contributed by atoms with Gasteiger partial charge in [0.1, 0.15) is 0 Å². The Morgan fingerprint density at radius 2 is 1.88 bits per heavy atom. The molecule has 0 bridgehead atoms. The topological polar surface area (TPSA) is 96.5 Å². The van der Waals surface area contributed by atoms with Gasteiger partial charge in [0.25, 0.3) is 0 Å². The van der Waals surface area contributed by atoms with Crippen LogP contribution < -0.4 is 16.0 Å². The van der Waals surface area contributed by atoms with Crippen LogP contribution in [0.5, 0.6) is 0 Å². The van der Waals surface area contributed by atoms with Crippen LogP contribution in [-0.2, 0) is 14.3 Å². The lowest BCUT2D eigenvalue weighted by Gasteiger charge is -2.06. The summed E-state index contributed by atoms with van der Waals surface area (Å²) in [4.78, 5) is 33.0. The van der Waals surface area contributed by atoms with E-state index in [1.807, 2.05) is 0 Å². The zero-order valence-corrected chi connectivity index (χ0v) is 10.2. The minimum atomic E-state index is -0.523. The fourth-order valence-electron chi connectivity index (χ4n) is 1.00. The Kier molecular flexibility index (Phi) is 8.67. The van der Waals surface area contributed by atoms with E-state index in [0.29, 0.717) is 19.7 Å². The largest absolute Gasteiger partial charge is 0.466 e. The Labute approximate surface area is 100 Å². The number of urea groups is 1. The normalized spacial score (nSPS) is 9.53. The summed E-state index contributed by atoms with van der Waals surface area (Å²) in [7, 11) is 0. The predicted molar refractivity (Wildman–Crippen MR) is 61.3 cm³/mol. The standard InChI is InChI=1S/C10H19N3O4/c1-3-12-10(16)13-8(14)7-11-6-5-9(15)17-4-2/h11H,3-7H2,1-2H3,(H2,12,13,14,16). The zero-order valence-electron chi connectivity index (χ0n) is 10.2. The molecule has 7 nitrogen and oxygen atoms in total. The summed E-state index contributed by atoms with van der Waals surface area (Å²) in [5.74, 6) is -0.760. The van der Waals surface area contributed by atoms with Gasteiger partial charge in [0.15, 0.2) is 0 Å². The number of carbonyl (C=O) groups excluding carboxylic acids is 3. The van der Waals surface area contributed by atoms with Crippen LogP contribution in [0, 0.1) is 0 Å².